The van der Waals surface area contributed by atoms with Gasteiger partial charge < -0.3 is 9.47 Å². The van der Waals surface area contributed by atoms with Gasteiger partial charge in [-0.1, -0.05) is 36.4 Å². The molecule has 5 nitrogen and oxygen atoms in total. The zero-order valence-electron chi connectivity index (χ0n) is 18.1. The first-order valence-electron chi connectivity index (χ1n) is 11.1. The number of nitrogens with zero attached hydrogens (tertiary/aromatic N) is 2. The van der Waals surface area contributed by atoms with Crippen molar-refractivity contribution < 1.29 is 14.3 Å². The molecule has 2 atom stereocenters. The molecule has 0 aromatic heterocycles. The number of carbonyl (C=O) groups excluding carboxylic acids is 1. The molecular formula is C26H28N2O3. The second-order valence-corrected chi connectivity index (χ2v) is 8.54. The molecule has 2 aromatic carbocycles. The smallest absolute Gasteiger partial charge is 0.246 e. The van der Waals surface area contributed by atoms with Crippen molar-refractivity contribution in [2.24, 2.45) is 16.9 Å². The zero-order chi connectivity index (χ0) is 21.4. The van der Waals surface area contributed by atoms with Crippen LogP contribution < -0.4 is 9.47 Å². The first kappa shape index (κ1) is 19.9. The molecule has 0 saturated heterocycles. The van der Waals surface area contributed by atoms with Crippen molar-refractivity contribution in [2.75, 3.05) is 14.2 Å². The minimum absolute atomic E-state index is 0.111. The summed E-state index contributed by atoms with van der Waals surface area (Å²) in [6.07, 6.45) is 7.16. The fourth-order valence-corrected chi connectivity index (χ4v) is 4.89. The molecule has 0 unspecified atom stereocenters. The predicted molar refractivity (Wildman–Crippen MR) is 121 cm³/mol. The summed E-state index contributed by atoms with van der Waals surface area (Å²) < 4.78 is 11.2. The van der Waals surface area contributed by atoms with Gasteiger partial charge in [-0.15, -0.1) is 0 Å². The van der Waals surface area contributed by atoms with Crippen LogP contribution in [0.1, 0.15) is 49.3 Å². The van der Waals surface area contributed by atoms with Gasteiger partial charge in [-0.25, -0.2) is 5.01 Å². The van der Waals surface area contributed by atoms with E-state index in [9.17, 15) is 4.79 Å². The van der Waals surface area contributed by atoms with Crippen LogP contribution in [0, 0.1) is 11.8 Å². The van der Waals surface area contributed by atoms with E-state index in [1.54, 1.807) is 19.2 Å². The zero-order valence-corrected chi connectivity index (χ0v) is 18.1. The maximum atomic E-state index is 13.2. The standard InChI is InChI=1S/C26H28N2O3/c1-30-22-12-5-3-8-18(22)16-19-9-7-11-21-24(19)27-28(26(29)17-14-15-17)25(21)20-10-4-6-13-23(20)31-2/h3-6,8,10,12-13,16-17,21,25H,7,9,11,14-15H2,1-2H3/b19-16+/t21-,25+/m0/s1. The largest absolute Gasteiger partial charge is 0.496 e. The summed E-state index contributed by atoms with van der Waals surface area (Å²) in [5.41, 5.74) is 4.33. The number of allylic oxidation sites excluding steroid dienone is 1. The van der Waals surface area contributed by atoms with Gasteiger partial charge in [0.2, 0.25) is 5.91 Å². The molecule has 2 saturated carbocycles. The van der Waals surface area contributed by atoms with Crippen molar-refractivity contribution in [1.82, 2.24) is 5.01 Å². The van der Waals surface area contributed by atoms with E-state index in [1.165, 1.54) is 5.57 Å². The van der Waals surface area contributed by atoms with Crippen molar-refractivity contribution in [3.05, 3.63) is 65.2 Å². The second-order valence-electron chi connectivity index (χ2n) is 8.54. The fourth-order valence-electron chi connectivity index (χ4n) is 4.89. The van der Waals surface area contributed by atoms with Gasteiger partial charge in [-0.05, 0) is 55.9 Å². The number of rotatable bonds is 5. The van der Waals surface area contributed by atoms with Crippen molar-refractivity contribution in [1.29, 1.82) is 0 Å². The molecule has 0 bridgehead atoms. The average Bonchev–Trinajstić information content (AvgIpc) is 3.59. The Labute approximate surface area is 183 Å². The lowest BCUT2D eigenvalue weighted by atomic mass is 9.77. The average molecular weight is 417 g/mol. The molecule has 1 aliphatic heterocycles. The molecule has 0 N–H and O–H groups in total. The highest BCUT2D eigenvalue weighted by atomic mass is 16.5. The lowest BCUT2D eigenvalue weighted by Gasteiger charge is -2.30. The van der Waals surface area contributed by atoms with E-state index in [-0.39, 0.29) is 23.8 Å². The number of amides is 1. The van der Waals surface area contributed by atoms with Crippen LogP contribution in [-0.2, 0) is 4.79 Å². The summed E-state index contributed by atoms with van der Waals surface area (Å²) in [5.74, 6) is 2.10. The molecule has 0 spiro atoms. The lowest BCUT2D eigenvalue weighted by molar-refractivity contribution is -0.135. The number of hydrazone groups is 1. The Morgan fingerprint density at radius 2 is 1.71 bits per heavy atom. The minimum Gasteiger partial charge on any atom is -0.496 e. The van der Waals surface area contributed by atoms with E-state index in [0.717, 1.165) is 60.4 Å². The van der Waals surface area contributed by atoms with Crippen molar-refractivity contribution in [3.63, 3.8) is 0 Å². The SMILES string of the molecule is COc1ccccc1/C=C1\CCC[C@H]2C1=NN(C(=O)C1CC1)[C@@H]2c1ccccc1OC. The highest BCUT2D eigenvalue weighted by Crippen LogP contribution is 2.48. The van der Waals surface area contributed by atoms with E-state index in [4.69, 9.17) is 14.6 Å². The van der Waals surface area contributed by atoms with Crippen LogP contribution in [0.15, 0.2) is 59.2 Å². The van der Waals surface area contributed by atoms with E-state index >= 15 is 0 Å². The Balaban J connectivity index is 1.58. The van der Waals surface area contributed by atoms with Gasteiger partial charge in [0.05, 0.1) is 26.0 Å². The third kappa shape index (κ3) is 3.62. The summed E-state index contributed by atoms with van der Waals surface area (Å²) in [5, 5.41) is 6.75. The van der Waals surface area contributed by atoms with Gasteiger partial charge in [0.1, 0.15) is 11.5 Å². The number of fused-ring (bicyclic) bond motifs is 1. The lowest BCUT2D eigenvalue weighted by Crippen LogP contribution is -2.33. The second kappa shape index (κ2) is 8.22. The third-order valence-corrected chi connectivity index (χ3v) is 6.58. The van der Waals surface area contributed by atoms with Gasteiger partial charge in [-0.2, -0.15) is 5.10 Å². The Morgan fingerprint density at radius 1 is 1.00 bits per heavy atom. The first-order valence-corrected chi connectivity index (χ1v) is 11.1. The van der Waals surface area contributed by atoms with Gasteiger partial charge in [0, 0.05) is 23.0 Å². The number of methoxy groups -OCH3 is 2. The van der Waals surface area contributed by atoms with Crippen LogP contribution in [0.5, 0.6) is 11.5 Å². The third-order valence-electron chi connectivity index (χ3n) is 6.58. The van der Waals surface area contributed by atoms with Gasteiger partial charge >= 0.3 is 0 Å². The summed E-state index contributed by atoms with van der Waals surface area (Å²) in [6.45, 7) is 0. The normalized spacial score (nSPS) is 24.0. The van der Waals surface area contributed by atoms with Crippen LogP contribution in [0.4, 0.5) is 0 Å². The number of hydrogen-bond donors (Lipinski definition) is 0. The van der Waals surface area contributed by atoms with Crippen molar-refractivity contribution in [3.8, 4) is 11.5 Å². The van der Waals surface area contributed by atoms with Crippen LogP contribution in [-0.4, -0.2) is 30.8 Å². The van der Waals surface area contributed by atoms with Crippen LogP contribution in [0.3, 0.4) is 0 Å². The van der Waals surface area contributed by atoms with Gasteiger partial charge in [-0.3, -0.25) is 4.79 Å². The summed E-state index contributed by atoms with van der Waals surface area (Å²) in [6, 6.07) is 16.0. The van der Waals surface area contributed by atoms with Gasteiger partial charge in [0.25, 0.3) is 0 Å². The number of carbonyl (C=O) groups is 1. The number of hydrogen-bond acceptors (Lipinski definition) is 4. The number of benzene rings is 2. The quantitative estimate of drug-likeness (QED) is 0.670. The van der Waals surface area contributed by atoms with E-state index < -0.39 is 0 Å². The molecule has 31 heavy (non-hydrogen) atoms. The minimum atomic E-state index is -0.111. The Bertz CT molecular complexity index is 1050. The molecule has 2 aliphatic carbocycles. The highest BCUT2D eigenvalue weighted by molar-refractivity contribution is 6.08. The molecule has 0 radical (unpaired) electrons. The number of para-hydroxylation sites is 2. The molecule has 2 fully saturated rings. The Kier molecular flexibility index (Phi) is 5.26. The number of ether oxygens (including phenoxy) is 2. The first-order chi connectivity index (χ1) is 15.2. The fraction of sp³-hybridized carbons (Fsp3) is 0.385. The molecule has 5 rings (SSSR count). The molecule has 3 aliphatic rings. The van der Waals surface area contributed by atoms with Crippen LogP contribution in [0.2, 0.25) is 0 Å². The van der Waals surface area contributed by atoms with E-state index in [1.807, 2.05) is 36.4 Å². The molecule has 160 valence electrons. The van der Waals surface area contributed by atoms with Crippen LogP contribution >= 0.6 is 0 Å². The highest BCUT2D eigenvalue weighted by Gasteiger charge is 2.47. The molecule has 5 heteroatoms. The Hall–Kier alpha value is -3.08. The summed E-state index contributed by atoms with van der Waals surface area (Å²) >= 11 is 0. The van der Waals surface area contributed by atoms with Crippen molar-refractivity contribution >= 4 is 17.7 Å². The summed E-state index contributed by atoms with van der Waals surface area (Å²) in [7, 11) is 3.39. The molecule has 1 heterocycles. The van der Waals surface area contributed by atoms with Crippen LogP contribution in [0.25, 0.3) is 6.08 Å². The van der Waals surface area contributed by atoms with E-state index in [0.29, 0.717) is 0 Å². The van der Waals surface area contributed by atoms with E-state index in [2.05, 4.69) is 18.2 Å². The maximum absolute atomic E-state index is 13.2. The molecule has 1 amide bonds. The van der Waals surface area contributed by atoms with Crippen molar-refractivity contribution in [2.45, 2.75) is 38.1 Å². The molecular weight excluding hydrogens is 388 g/mol. The topological polar surface area (TPSA) is 51.1 Å². The predicted octanol–water partition coefficient (Wildman–Crippen LogP) is 5.24. The molecule has 2 aromatic rings. The Morgan fingerprint density at radius 3 is 2.45 bits per heavy atom. The summed E-state index contributed by atoms with van der Waals surface area (Å²) in [4.78, 5) is 13.2. The van der Waals surface area contributed by atoms with Gasteiger partial charge in [0.15, 0.2) is 0 Å². The monoisotopic (exact) mass is 416 g/mol. The maximum Gasteiger partial charge on any atom is 0.246 e.